The number of fused-ring (bicyclic) bond motifs is 13. The second-order valence-electron chi connectivity index (χ2n) is 29.4. The number of ether oxygens (including phenoxy) is 6. The van der Waals surface area contributed by atoms with Crippen molar-refractivity contribution in [3.63, 3.8) is 0 Å². The second kappa shape index (κ2) is 29.3. The van der Waals surface area contributed by atoms with Gasteiger partial charge in [0.2, 0.25) is 16.2 Å². The van der Waals surface area contributed by atoms with Crippen molar-refractivity contribution in [1.82, 2.24) is 0 Å². The zero-order valence-electron chi connectivity index (χ0n) is 62.1. The smallest absolute Gasteiger partial charge is 0.333 e. The van der Waals surface area contributed by atoms with Crippen LogP contribution in [0.1, 0.15) is 108 Å². The van der Waals surface area contributed by atoms with Crippen molar-refractivity contribution in [3.05, 3.63) is 401 Å². The molecule has 18 heteroatoms. The first-order valence-corrected chi connectivity index (χ1v) is 39.5. The van der Waals surface area contributed by atoms with Crippen LogP contribution in [0.25, 0.3) is 65.0 Å². The van der Waals surface area contributed by atoms with E-state index in [0.717, 1.165) is 44.2 Å². The molecule has 117 heavy (non-hydrogen) atoms. The Morgan fingerprint density at radius 2 is 0.581 bits per heavy atom. The summed E-state index contributed by atoms with van der Waals surface area (Å²) in [5.41, 5.74) is -9.05. The molecule has 12 aromatic carbocycles. The van der Waals surface area contributed by atoms with Gasteiger partial charge in [-0.05, 0) is 166 Å². The third-order valence-electron chi connectivity index (χ3n) is 22.5. The molecular weight excluding hydrogens is 1510 g/mol. The van der Waals surface area contributed by atoms with Crippen LogP contribution in [0, 0.1) is 0 Å². The van der Waals surface area contributed by atoms with Gasteiger partial charge in [0.25, 0.3) is 0 Å². The largest absolute Gasteiger partial charge is 0.459 e. The molecule has 0 aliphatic heterocycles. The Morgan fingerprint density at radius 1 is 0.308 bits per heavy atom. The fraction of sp³-hybridized carbons (Fsp3) is 0.101. The molecule has 0 fully saturated rings. The van der Waals surface area contributed by atoms with E-state index in [2.05, 4.69) is 0 Å². The van der Waals surface area contributed by atoms with Crippen LogP contribution in [-0.2, 0) is 113 Å². The Hall–Kier alpha value is -14.2. The molecule has 1 atom stereocenters. The van der Waals surface area contributed by atoms with E-state index in [1.165, 1.54) is 24.3 Å². The topological polar surface area (TPSA) is 229 Å². The number of aliphatic hydroxyl groups is 1. The van der Waals surface area contributed by atoms with Crippen molar-refractivity contribution < 1.29 is 76.7 Å². The highest BCUT2D eigenvalue weighted by Crippen LogP contribution is 2.68. The number of hydrogen-bond acceptors (Lipinski definition) is 18. The summed E-state index contributed by atoms with van der Waals surface area (Å²) < 4.78 is 39.3. The minimum absolute atomic E-state index is 0.0362. The van der Waals surface area contributed by atoms with E-state index in [-0.39, 0.29) is 64.0 Å². The van der Waals surface area contributed by atoms with Crippen molar-refractivity contribution >= 4 is 131 Å². The lowest BCUT2D eigenvalue weighted by molar-refractivity contribution is -0.168. The first-order chi connectivity index (χ1) is 57.1. The van der Waals surface area contributed by atoms with Crippen molar-refractivity contribution in [2.45, 2.75) is 62.0 Å². The van der Waals surface area contributed by atoms with Gasteiger partial charge in [0.15, 0.2) is 17.3 Å². The molecule has 0 saturated heterocycles. The molecule has 19 rings (SSSR count). The maximum absolute atomic E-state index is 17.6. The van der Waals surface area contributed by atoms with Crippen molar-refractivity contribution in [3.8, 4) is 9.75 Å². The number of benzene rings is 12. The summed E-state index contributed by atoms with van der Waals surface area (Å²) in [5.74, 6) is -10.3. The van der Waals surface area contributed by atoms with Gasteiger partial charge in [0.1, 0.15) is 45.7 Å². The fourth-order valence-electron chi connectivity index (χ4n) is 16.9. The second-order valence-corrected chi connectivity index (χ2v) is 31.5. The first-order valence-electron chi connectivity index (χ1n) is 37.9. The number of aliphatic hydroxyl groups excluding tert-OH is 1. The quantitative estimate of drug-likeness (QED) is 0.0187. The van der Waals surface area contributed by atoms with Crippen molar-refractivity contribution in [1.29, 1.82) is 0 Å². The standard InChI is InChI=1S/C99H64O16S2/c100-85-73-43-67-39-63-35-19-20-36-64(63)40-68(67)44-74(73)86(101)77(85)47-71-49-79-81(97(71,91(104)110-51-57-23-7-1-8-24-57)92(105)111-52-58-25-9-2-10-26-58)83-89(116-79)90-84(99(83,95(108)114-55-61-31-15-5-16-32-61)96(109)115-56-62-33-17-6-18-34-62)82-80(117-90)50-72(48-78-87(102)75-45-69-41-65-37-21-22-38-66(65)42-70(69)46-76(75)88(78)103)98(82,93(106)112-53-59-27-11-3-12-28-59)94(107)113-54-60-29-13-4-14-30-60/h1-50,85,100H,51-56H2/b77-47+. The predicted molar refractivity (Wildman–Crippen MR) is 442 cm³/mol. The zero-order chi connectivity index (χ0) is 79.8. The summed E-state index contributed by atoms with van der Waals surface area (Å²) >= 11 is 1.83. The van der Waals surface area contributed by atoms with Crippen molar-refractivity contribution in [2.75, 3.05) is 0 Å². The predicted octanol–water partition coefficient (Wildman–Crippen LogP) is 18.3. The van der Waals surface area contributed by atoms with Gasteiger partial charge >= 0.3 is 35.8 Å². The van der Waals surface area contributed by atoms with Crippen LogP contribution >= 0.6 is 22.7 Å². The molecule has 0 saturated carbocycles. The Kier molecular flexibility index (Phi) is 18.3. The van der Waals surface area contributed by atoms with E-state index in [4.69, 9.17) is 28.4 Å². The van der Waals surface area contributed by atoms with Gasteiger partial charge in [-0.15, -0.1) is 22.7 Å². The SMILES string of the molecule is O=C1C(=CC2=Cc3sc4c(c3C2(C(=O)OCc2ccccc2)C(=O)OCc2ccccc2)C(C(=O)OCc2ccccc2)(C(=O)OCc2ccccc2)c2c-4sc3c2C(C(=O)OCc2ccccc2)(C(=O)OCc2ccccc2)C(/C=C2/C(=O)c4cc5cc6ccccc6cc5cc4C2O)=C3)C(=O)c2cc3cc4ccccc4cc3cc21. The van der Waals surface area contributed by atoms with E-state index in [0.29, 0.717) is 54.9 Å². The number of hydrogen-bond donors (Lipinski definition) is 1. The summed E-state index contributed by atoms with van der Waals surface area (Å²) in [6.45, 7) is -3.05. The first kappa shape index (κ1) is 73.0. The number of rotatable bonds is 20. The molecule has 1 N–H and O–H groups in total. The minimum atomic E-state index is -3.22. The normalized spacial score (nSPS) is 15.7. The Bertz CT molecular complexity index is 6470. The van der Waals surface area contributed by atoms with E-state index in [9.17, 15) is 5.11 Å². The van der Waals surface area contributed by atoms with Crippen LogP contribution < -0.4 is 0 Å². The van der Waals surface area contributed by atoms with Gasteiger partial charge in [-0.25, -0.2) is 0 Å². The zero-order valence-corrected chi connectivity index (χ0v) is 63.7. The summed E-state index contributed by atoms with van der Waals surface area (Å²) in [4.78, 5) is 150. The summed E-state index contributed by atoms with van der Waals surface area (Å²) in [5, 5.41) is 19.1. The van der Waals surface area contributed by atoms with Gasteiger partial charge in [-0.3, -0.25) is 43.2 Å². The van der Waals surface area contributed by atoms with Crippen LogP contribution in [-0.4, -0.2) is 58.3 Å². The monoisotopic (exact) mass is 1570 g/mol. The molecule has 0 radical (unpaired) electrons. The van der Waals surface area contributed by atoms with Crippen LogP contribution in [0.3, 0.4) is 0 Å². The summed E-state index contributed by atoms with van der Waals surface area (Å²) in [7, 11) is 0. The molecular formula is C99H64O16S2. The molecule has 2 heterocycles. The molecule has 0 bridgehead atoms. The van der Waals surface area contributed by atoms with E-state index < -0.39 is 137 Å². The maximum atomic E-state index is 17.6. The lowest BCUT2D eigenvalue weighted by Gasteiger charge is -2.35. The molecule has 0 spiro atoms. The van der Waals surface area contributed by atoms with Crippen LogP contribution in [0.15, 0.2) is 313 Å². The lowest BCUT2D eigenvalue weighted by Crippen LogP contribution is -2.53. The number of carbonyl (C=O) groups excluding carboxylic acids is 9. The Morgan fingerprint density at radius 3 is 0.897 bits per heavy atom. The Labute approximate surface area is 676 Å². The lowest BCUT2D eigenvalue weighted by atomic mass is 9.66. The van der Waals surface area contributed by atoms with E-state index in [1.807, 2.05) is 72.8 Å². The maximum Gasteiger partial charge on any atom is 0.333 e. The molecule has 568 valence electrons. The number of esters is 6. The van der Waals surface area contributed by atoms with Crippen LogP contribution in [0.2, 0.25) is 0 Å². The highest BCUT2D eigenvalue weighted by Gasteiger charge is 2.72. The molecule has 0 amide bonds. The highest BCUT2D eigenvalue weighted by atomic mass is 32.1. The number of thiophene rings is 2. The molecule has 5 aliphatic carbocycles. The Balaban J connectivity index is 0.883. The van der Waals surface area contributed by atoms with Gasteiger partial charge in [-0.1, -0.05) is 231 Å². The highest BCUT2D eigenvalue weighted by molar-refractivity contribution is 7.24. The average molecular weight is 1570 g/mol. The average Bonchev–Trinajstić information content (AvgIpc) is 1.48. The molecule has 5 aliphatic rings. The van der Waals surface area contributed by atoms with Gasteiger partial charge in [0, 0.05) is 54.3 Å². The number of allylic oxidation sites excluding steroid dienone is 3. The fourth-order valence-corrected chi connectivity index (χ4v) is 19.7. The molecule has 1 unspecified atom stereocenters. The van der Waals surface area contributed by atoms with E-state index in [1.54, 1.807) is 206 Å². The van der Waals surface area contributed by atoms with Gasteiger partial charge < -0.3 is 33.5 Å². The molecule has 14 aromatic rings. The van der Waals surface area contributed by atoms with E-state index >= 15 is 43.2 Å². The number of carbonyl (C=O) groups is 9. The minimum Gasteiger partial charge on any atom is -0.459 e. The van der Waals surface area contributed by atoms with Crippen LogP contribution in [0.4, 0.5) is 0 Å². The molecule has 2 aromatic heterocycles. The van der Waals surface area contributed by atoms with Gasteiger partial charge in [-0.2, -0.15) is 0 Å². The van der Waals surface area contributed by atoms with Crippen LogP contribution in [0.5, 0.6) is 0 Å². The number of Topliss-reactive ketones (excluding diaryl/α,β-unsaturated/α-hetero) is 3. The van der Waals surface area contributed by atoms with Gasteiger partial charge in [0.05, 0.1) is 15.3 Å². The third kappa shape index (κ3) is 12.1. The third-order valence-corrected chi connectivity index (χ3v) is 25.0. The summed E-state index contributed by atoms with van der Waals surface area (Å²) in [6.07, 6.45) is 3.66. The number of ketones is 3. The van der Waals surface area contributed by atoms with Crippen molar-refractivity contribution in [2.24, 2.45) is 0 Å². The molecule has 16 nitrogen and oxygen atoms in total. The summed E-state index contributed by atoms with van der Waals surface area (Å²) in [6, 6.07) is 81.2.